The lowest BCUT2D eigenvalue weighted by Gasteiger charge is -2.19. The molecule has 0 aliphatic rings. The van der Waals surface area contributed by atoms with Crippen molar-refractivity contribution in [3.05, 3.63) is 24.3 Å². The Kier molecular flexibility index (Phi) is 12.2. The Morgan fingerprint density at radius 2 is 1.00 bits per heavy atom. The Labute approximate surface area is 165 Å². The molecule has 0 aliphatic carbocycles. The molecule has 8 nitrogen and oxygen atoms in total. The molecule has 0 spiro atoms. The highest BCUT2D eigenvalue weighted by molar-refractivity contribution is 5.87. The van der Waals surface area contributed by atoms with E-state index in [4.69, 9.17) is 18.9 Å². The average molecular weight is 398 g/mol. The highest BCUT2D eigenvalue weighted by Gasteiger charge is 2.22. The van der Waals surface area contributed by atoms with E-state index in [0.29, 0.717) is 25.7 Å². The van der Waals surface area contributed by atoms with Crippen LogP contribution in [0, 0.1) is 0 Å². The Morgan fingerprint density at radius 1 is 0.679 bits per heavy atom. The van der Waals surface area contributed by atoms with Crippen molar-refractivity contribution < 1.29 is 38.1 Å². The first-order chi connectivity index (χ1) is 13.1. The third kappa shape index (κ3) is 11.2. The van der Waals surface area contributed by atoms with Crippen LogP contribution in [-0.4, -0.2) is 36.5 Å². The van der Waals surface area contributed by atoms with Crippen molar-refractivity contribution in [3.8, 4) is 0 Å². The number of hydrogen-bond donors (Lipinski definition) is 0. The highest BCUT2D eigenvalue weighted by Crippen LogP contribution is 2.12. The van der Waals surface area contributed by atoms with Crippen molar-refractivity contribution in [1.29, 1.82) is 0 Å². The van der Waals surface area contributed by atoms with Crippen LogP contribution in [0.3, 0.4) is 0 Å². The smallest absolute Gasteiger partial charge is 0.336 e. The number of hydrogen-bond acceptors (Lipinski definition) is 8. The fourth-order valence-electron chi connectivity index (χ4n) is 1.81. The second-order valence-corrected chi connectivity index (χ2v) is 6.29. The van der Waals surface area contributed by atoms with Gasteiger partial charge in [0.15, 0.2) is 0 Å². The Morgan fingerprint density at radius 3 is 1.25 bits per heavy atom. The molecule has 0 bridgehead atoms. The van der Waals surface area contributed by atoms with Crippen LogP contribution in [-0.2, 0) is 38.1 Å². The van der Waals surface area contributed by atoms with E-state index in [-0.39, 0.29) is 24.0 Å². The maximum Gasteiger partial charge on any atom is 0.336 e. The van der Waals surface area contributed by atoms with Crippen molar-refractivity contribution in [2.24, 2.45) is 0 Å². The predicted octanol–water partition coefficient (Wildman–Crippen LogP) is 3.34. The van der Waals surface area contributed by atoms with Gasteiger partial charge in [0.2, 0.25) is 12.6 Å². The predicted molar refractivity (Wildman–Crippen MR) is 101 cm³/mol. The maximum atomic E-state index is 11.9. The lowest BCUT2D eigenvalue weighted by Crippen LogP contribution is -2.27. The summed E-state index contributed by atoms with van der Waals surface area (Å²) < 4.78 is 20.2. The third-order valence-corrected chi connectivity index (χ3v) is 3.28. The minimum Gasteiger partial charge on any atom is -0.425 e. The molecule has 0 aromatic rings. The van der Waals surface area contributed by atoms with Crippen molar-refractivity contribution in [3.63, 3.8) is 0 Å². The van der Waals surface area contributed by atoms with Gasteiger partial charge >= 0.3 is 23.9 Å². The summed E-state index contributed by atoms with van der Waals surface area (Å²) >= 11 is 0. The largest absolute Gasteiger partial charge is 0.425 e. The van der Waals surface area contributed by atoms with E-state index in [0.717, 1.165) is 0 Å². The van der Waals surface area contributed by atoms with Gasteiger partial charge in [0, 0.05) is 24.0 Å². The van der Waals surface area contributed by atoms with Crippen LogP contribution in [0.4, 0.5) is 0 Å². The van der Waals surface area contributed by atoms with E-state index in [9.17, 15) is 19.2 Å². The molecule has 0 N–H and O–H groups in total. The lowest BCUT2D eigenvalue weighted by molar-refractivity contribution is -0.192. The summed E-state index contributed by atoms with van der Waals surface area (Å²) in [6.45, 7) is 13.6. The summed E-state index contributed by atoms with van der Waals surface area (Å²) in [7, 11) is 0. The summed E-state index contributed by atoms with van der Waals surface area (Å²) in [5, 5.41) is 0. The normalized spacial score (nSPS) is 12.3. The van der Waals surface area contributed by atoms with E-state index in [1.807, 2.05) is 13.8 Å². The van der Waals surface area contributed by atoms with Crippen molar-refractivity contribution in [1.82, 2.24) is 0 Å². The molecule has 158 valence electrons. The van der Waals surface area contributed by atoms with Crippen LogP contribution in [0.25, 0.3) is 0 Å². The van der Waals surface area contributed by atoms with Crippen molar-refractivity contribution >= 4 is 23.9 Å². The molecular formula is C20H30O8. The second kappa shape index (κ2) is 13.5. The zero-order chi connectivity index (χ0) is 21.7. The molecule has 0 amide bonds. The van der Waals surface area contributed by atoms with Crippen LogP contribution < -0.4 is 0 Å². The van der Waals surface area contributed by atoms with Crippen LogP contribution in [0.2, 0.25) is 0 Å². The SMILES string of the molecule is C=C(C)C(=O)OC(CCC)OC(=O)CCC(=O)OC(CCC)OC(=O)C(=C)C. The van der Waals surface area contributed by atoms with E-state index >= 15 is 0 Å². The van der Waals surface area contributed by atoms with E-state index in [1.54, 1.807) is 0 Å². The molecule has 0 radical (unpaired) electrons. The van der Waals surface area contributed by atoms with Gasteiger partial charge in [-0.15, -0.1) is 0 Å². The molecule has 0 aromatic heterocycles. The Hall–Kier alpha value is -2.64. The topological polar surface area (TPSA) is 105 Å². The number of ether oxygens (including phenoxy) is 4. The van der Waals surface area contributed by atoms with Gasteiger partial charge in [0.1, 0.15) is 0 Å². The van der Waals surface area contributed by atoms with Gasteiger partial charge in [-0.05, 0) is 26.7 Å². The molecule has 28 heavy (non-hydrogen) atoms. The molecule has 2 unspecified atom stereocenters. The zero-order valence-electron chi connectivity index (χ0n) is 17.1. The average Bonchev–Trinajstić information content (AvgIpc) is 2.60. The first kappa shape index (κ1) is 25.4. The molecule has 0 saturated carbocycles. The van der Waals surface area contributed by atoms with Gasteiger partial charge in [0.05, 0.1) is 12.8 Å². The molecule has 0 aliphatic heterocycles. The van der Waals surface area contributed by atoms with Gasteiger partial charge in [0.25, 0.3) is 0 Å². The van der Waals surface area contributed by atoms with Crippen LogP contribution in [0.1, 0.15) is 66.2 Å². The standard InChI is InChI=1S/C20H30O8/c1-7-9-17(27-19(23)13(3)4)25-15(21)11-12-16(22)26-18(10-8-2)28-20(24)14(5)6/h17-18H,3,5,7-12H2,1-2,4,6H3. The van der Waals surface area contributed by atoms with Crippen LogP contribution in [0.15, 0.2) is 24.3 Å². The van der Waals surface area contributed by atoms with Crippen LogP contribution in [0.5, 0.6) is 0 Å². The van der Waals surface area contributed by atoms with E-state index in [1.165, 1.54) is 13.8 Å². The number of carbonyl (C=O) groups is 4. The van der Waals surface area contributed by atoms with Gasteiger partial charge in [-0.2, -0.15) is 0 Å². The lowest BCUT2D eigenvalue weighted by atomic mass is 10.3. The molecular weight excluding hydrogens is 368 g/mol. The molecule has 2 atom stereocenters. The molecule has 0 saturated heterocycles. The van der Waals surface area contributed by atoms with Gasteiger partial charge < -0.3 is 18.9 Å². The van der Waals surface area contributed by atoms with E-state index in [2.05, 4.69) is 13.2 Å². The van der Waals surface area contributed by atoms with Crippen molar-refractivity contribution in [2.45, 2.75) is 78.8 Å². The summed E-state index contributed by atoms with van der Waals surface area (Å²) in [4.78, 5) is 47.0. The first-order valence-corrected chi connectivity index (χ1v) is 9.22. The third-order valence-electron chi connectivity index (χ3n) is 3.28. The minimum absolute atomic E-state index is 0.187. The molecule has 0 heterocycles. The maximum absolute atomic E-state index is 11.9. The number of carbonyl (C=O) groups excluding carboxylic acids is 4. The quantitative estimate of drug-likeness (QED) is 0.264. The zero-order valence-corrected chi connectivity index (χ0v) is 17.1. The molecule has 0 rings (SSSR count). The second-order valence-electron chi connectivity index (χ2n) is 6.29. The fraction of sp³-hybridized carbons (Fsp3) is 0.600. The highest BCUT2D eigenvalue weighted by atomic mass is 16.7. The summed E-state index contributed by atoms with van der Waals surface area (Å²) in [6, 6.07) is 0. The van der Waals surface area contributed by atoms with Crippen molar-refractivity contribution in [2.75, 3.05) is 0 Å². The first-order valence-electron chi connectivity index (χ1n) is 9.22. The van der Waals surface area contributed by atoms with Gasteiger partial charge in [-0.1, -0.05) is 27.0 Å². The summed E-state index contributed by atoms with van der Waals surface area (Å²) in [5.74, 6) is -2.74. The molecule has 0 aromatic carbocycles. The minimum atomic E-state index is -1.04. The monoisotopic (exact) mass is 398 g/mol. The van der Waals surface area contributed by atoms with E-state index < -0.39 is 36.5 Å². The summed E-state index contributed by atoms with van der Waals surface area (Å²) in [6.07, 6.45) is -0.723. The molecule has 8 heteroatoms. The molecule has 0 fully saturated rings. The fourth-order valence-corrected chi connectivity index (χ4v) is 1.81. The summed E-state index contributed by atoms with van der Waals surface area (Å²) in [5.41, 5.74) is 0.374. The Balaban J connectivity index is 4.54. The van der Waals surface area contributed by atoms with Gasteiger partial charge in [-0.3, -0.25) is 9.59 Å². The van der Waals surface area contributed by atoms with Gasteiger partial charge in [-0.25, -0.2) is 9.59 Å². The number of rotatable bonds is 13. The van der Waals surface area contributed by atoms with Crippen LogP contribution >= 0.6 is 0 Å². The Bertz CT molecular complexity index is 541. The number of esters is 4.